The summed E-state index contributed by atoms with van der Waals surface area (Å²) in [6.45, 7) is 0. The van der Waals surface area contributed by atoms with Gasteiger partial charge in [-0.2, -0.15) is 0 Å². The minimum Gasteiger partial charge on any atom is -0.870 e. The molecule has 0 bridgehead atoms. The summed E-state index contributed by atoms with van der Waals surface area (Å²) < 4.78 is 0. The Morgan fingerprint density at radius 1 is 1.25 bits per heavy atom. The van der Waals surface area contributed by atoms with E-state index < -0.39 is 5.09 Å². The summed E-state index contributed by atoms with van der Waals surface area (Å²) in [5.74, 6) is 0. The fourth-order valence-corrected chi connectivity index (χ4v) is 0. The number of rotatable bonds is 0. The van der Waals surface area contributed by atoms with Crippen molar-refractivity contribution < 1.29 is 32.5 Å². The van der Waals surface area contributed by atoms with Crippen molar-refractivity contribution in [1.82, 2.24) is 0 Å². The Kier molecular flexibility index (Phi) is 143. The van der Waals surface area contributed by atoms with Crippen LogP contribution in [0.3, 0.4) is 0 Å². The first kappa shape index (κ1) is 42.0. The van der Waals surface area contributed by atoms with Gasteiger partial charge in [0.15, 0.2) is 0 Å². The molecular formula is H3AlNNiO5+3. The van der Waals surface area contributed by atoms with Gasteiger partial charge in [0.05, 0.1) is 5.09 Å². The molecule has 48 valence electrons. The predicted octanol–water partition coefficient (Wildman–Crippen LogP) is -1.62. The van der Waals surface area contributed by atoms with E-state index in [1.54, 1.807) is 0 Å². The van der Waals surface area contributed by atoms with Crippen LogP contribution in [0.5, 0.6) is 0 Å². The van der Waals surface area contributed by atoms with Crippen LogP contribution in [-0.4, -0.2) is 33.4 Å². The van der Waals surface area contributed by atoms with E-state index in [2.05, 4.69) is 0 Å². The fraction of sp³-hybridized carbons (Fsp3) is 0. The number of hydrogen-bond donors (Lipinski definition) is 0. The molecule has 8 heteroatoms. The SMILES string of the molecule is O.O=[N+]([O-])[O-].[Al+3].[Ni+2].[OH-]. The second-order valence-corrected chi connectivity index (χ2v) is 0.224. The standard InChI is InChI=1S/Al.NO3.Ni.2H2O/c;2-1(3)4;;;/h;;;2*1H2/q+3;-1;+2;;/p-1. The predicted molar refractivity (Wildman–Crippen MR) is 21.7 cm³/mol. The van der Waals surface area contributed by atoms with Gasteiger partial charge in [-0.1, -0.05) is 0 Å². The minimum atomic E-state index is -1.75. The zero-order valence-electron chi connectivity index (χ0n) is 3.51. The maximum atomic E-state index is 8.25. The van der Waals surface area contributed by atoms with Gasteiger partial charge in [-0.3, -0.25) is 0 Å². The summed E-state index contributed by atoms with van der Waals surface area (Å²) in [5.41, 5.74) is 0. The van der Waals surface area contributed by atoms with Crippen molar-refractivity contribution in [3.8, 4) is 0 Å². The number of hydrogen-bond acceptors (Lipinski definition) is 4. The zero-order chi connectivity index (χ0) is 3.58. The molecule has 0 fully saturated rings. The van der Waals surface area contributed by atoms with Crippen LogP contribution in [0.4, 0.5) is 0 Å². The molecule has 0 atom stereocenters. The first-order valence-electron chi connectivity index (χ1n) is 0.548. The van der Waals surface area contributed by atoms with Crippen LogP contribution in [0.15, 0.2) is 0 Å². The summed E-state index contributed by atoms with van der Waals surface area (Å²) in [6.07, 6.45) is 0. The van der Waals surface area contributed by atoms with Crippen LogP contribution in [0.2, 0.25) is 0 Å². The van der Waals surface area contributed by atoms with Gasteiger partial charge in [0, 0.05) is 0 Å². The largest absolute Gasteiger partial charge is 3.00 e. The molecule has 8 heavy (non-hydrogen) atoms. The monoisotopic (exact) mass is 182 g/mol. The molecule has 0 saturated heterocycles. The van der Waals surface area contributed by atoms with Gasteiger partial charge in [-0.25, -0.2) is 0 Å². The molecule has 0 rings (SSSR count). The maximum absolute atomic E-state index is 8.25. The Morgan fingerprint density at radius 3 is 1.25 bits per heavy atom. The van der Waals surface area contributed by atoms with Crippen molar-refractivity contribution in [2.75, 3.05) is 0 Å². The van der Waals surface area contributed by atoms with Crippen molar-refractivity contribution in [3.63, 3.8) is 0 Å². The molecule has 0 heterocycles. The normalized spacial score (nSPS) is 3.00. The Morgan fingerprint density at radius 2 is 1.25 bits per heavy atom. The molecule has 0 aromatic carbocycles. The third-order valence-corrected chi connectivity index (χ3v) is 0. The van der Waals surface area contributed by atoms with Gasteiger partial charge in [-0.05, 0) is 0 Å². The molecule has 6 nitrogen and oxygen atoms in total. The van der Waals surface area contributed by atoms with Gasteiger partial charge < -0.3 is 26.3 Å². The zero-order valence-corrected chi connectivity index (χ0v) is 5.66. The van der Waals surface area contributed by atoms with Crippen molar-refractivity contribution in [3.05, 3.63) is 15.3 Å². The van der Waals surface area contributed by atoms with E-state index in [4.69, 9.17) is 15.3 Å². The van der Waals surface area contributed by atoms with E-state index in [9.17, 15) is 0 Å². The van der Waals surface area contributed by atoms with Crippen molar-refractivity contribution in [2.45, 2.75) is 0 Å². The van der Waals surface area contributed by atoms with Crippen molar-refractivity contribution in [2.24, 2.45) is 0 Å². The summed E-state index contributed by atoms with van der Waals surface area (Å²) in [5, 5.41) is 14.8. The van der Waals surface area contributed by atoms with Crippen LogP contribution >= 0.6 is 0 Å². The van der Waals surface area contributed by atoms with Crippen LogP contribution < -0.4 is 0 Å². The average Bonchev–Trinajstić information content (AvgIpc) is 0.811. The second-order valence-electron chi connectivity index (χ2n) is 0.224. The minimum absolute atomic E-state index is 0. The first-order valence-corrected chi connectivity index (χ1v) is 0.548. The van der Waals surface area contributed by atoms with Crippen LogP contribution in [-0.2, 0) is 16.5 Å². The Balaban J connectivity index is -0.00000000750. The van der Waals surface area contributed by atoms with Crippen molar-refractivity contribution in [1.29, 1.82) is 0 Å². The first-order chi connectivity index (χ1) is 1.73. The van der Waals surface area contributed by atoms with Crippen molar-refractivity contribution >= 4 is 17.4 Å². The van der Waals surface area contributed by atoms with E-state index in [1.165, 1.54) is 0 Å². The fourth-order valence-electron chi connectivity index (χ4n) is 0. The molecule has 0 aromatic heterocycles. The smallest absolute Gasteiger partial charge is 0.870 e. The molecule has 0 aliphatic rings. The average molecular weight is 183 g/mol. The van der Waals surface area contributed by atoms with Gasteiger partial charge in [-0.15, -0.1) is 0 Å². The van der Waals surface area contributed by atoms with E-state index in [-0.39, 0.29) is 44.8 Å². The van der Waals surface area contributed by atoms with Gasteiger partial charge in [0.25, 0.3) is 0 Å². The number of nitrogens with zero attached hydrogens (tertiary/aromatic N) is 1. The third-order valence-electron chi connectivity index (χ3n) is 0. The van der Waals surface area contributed by atoms with Crippen LogP contribution in [0.25, 0.3) is 0 Å². The van der Waals surface area contributed by atoms with E-state index in [1.807, 2.05) is 0 Å². The molecule has 0 unspecified atom stereocenters. The molecule has 3 N–H and O–H groups in total. The maximum Gasteiger partial charge on any atom is 3.00 e. The topological polar surface area (TPSA) is 128 Å². The molecule has 0 spiro atoms. The third kappa shape index (κ3) is 7640. The molecule has 0 radical (unpaired) electrons. The molecule has 0 amide bonds. The molecule has 0 aliphatic heterocycles. The van der Waals surface area contributed by atoms with Crippen LogP contribution in [0.1, 0.15) is 0 Å². The van der Waals surface area contributed by atoms with E-state index >= 15 is 0 Å². The summed E-state index contributed by atoms with van der Waals surface area (Å²) >= 11 is 0. The molecular weight excluding hydrogens is 180 g/mol. The van der Waals surface area contributed by atoms with Gasteiger partial charge in [0.1, 0.15) is 0 Å². The van der Waals surface area contributed by atoms with Gasteiger partial charge in [0.2, 0.25) is 0 Å². The quantitative estimate of drug-likeness (QED) is 0.253. The summed E-state index contributed by atoms with van der Waals surface area (Å²) in [4.78, 5) is 8.25. The van der Waals surface area contributed by atoms with Gasteiger partial charge >= 0.3 is 33.9 Å². The summed E-state index contributed by atoms with van der Waals surface area (Å²) in [6, 6.07) is 0. The molecule has 0 saturated carbocycles. The van der Waals surface area contributed by atoms with Crippen LogP contribution in [0, 0.1) is 15.3 Å². The molecule has 0 aromatic rings. The molecule has 0 aliphatic carbocycles. The Bertz CT molecular complexity index is 35.4. The van der Waals surface area contributed by atoms with E-state index in [0.29, 0.717) is 0 Å². The second kappa shape index (κ2) is 27.3. The summed E-state index contributed by atoms with van der Waals surface area (Å²) in [7, 11) is 0. The van der Waals surface area contributed by atoms with E-state index in [0.717, 1.165) is 0 Å². The Hall–Kier alpha value is 0.146. The Labute approximate surface area is 65.7 Å².